The van der Waals surface area contributed by atoms with Crippen molar-refractivity contribution < 1.29 is 17.5 Å². The molecule has 0 spiro atoms. The minimum atomic E-state index is -2.62. The summed E-state index contributed by atoms with van der Waals surface area (Å²) in [6.07, 6.45) is 0. The Morgan fingerprint density at radius 2 is 1.17 bits per heavy atom. The van der Waals surface area contributed by atoms with Crippen LogP contribution in [0.25, 0.3) is 0 Å². The maximum Gasteiger partial charge on any atom is 2.00 e. The van der Waals surface area contributed by atoms with Crippen LogP contribution in [0.2, 0.25) is 0 Å². The smallest absolute Gasteiger partial charge is 1.00 e. The van der Waals surface area contributed by atoms with Crippen LogP contribution in [-0.2, 0) is 0 Å². The van der Waals surface area contributed by atoms with E-state index in [0.29, 0.717) is 0 Å². The van der Waals surface area contributed by atoms with Crippen LogP contribution >= 0.6 is 8.60 Å². The van der Waals surface area contributed by atoms with E-state index in [1.165, 1.54) is 0 Å². The molecule has 0 radical (unpaired) electrons. The monoisotopic (exact) mass is 138 g/mol. The summed E-state index contributed by atoms with van der Waals surface area (Å²) in [7, 11) is -2.62. The van der Waals surface area contributed by atoms with Crippen molar-refractivity contribution in [1.82, 2.24) is 0 Å². The van der Waals surface area contributed by atoms with E-state index in [1.807, 2.05) is 0 Å². The van der Waals surface area contributed by atoms with E-state index in [1.54, 1.807) is 0 Å². The van der Waals surface area contributed by atoms with E-state index in [9.17, 15) is 0 Å². The maximum atomic E-state index is 7.23. The third kappa shape index (κ3) is 46.0. The van der Waals surface area contributed by atoms with E-state index in [2.05, 4.69) is 0 Å². The first-order chi connectivity index (χ1) is 1.73. The molecule has 6 heteroatoms. The minimum absolute atomic E-state index is 0. The summed E-state index contributed by atoms with van der Waals surface area (Å²) < 4.78 is 0. The molecule has 0 aromatic heterocycles. The zero-order chi connectivity index (χ0) is 3.58. The van der Waals surface area contributed by atoms with Gasteiger partial charge in [0, 0.05) is 0 Å². The molecule has 0 bridgehead atoms. The first-order valence-electron chi connectivity index (χ1n) is 0.600. The Labute approximate surface area is 66.6 Å². The first kappa shape index (κ1) is 15.6. The van der Waals surface area contributed by atoms with Crippen LogP contribution in [0.15, 0.2) is 0 Å². The van der Waals surface area contributed by atoms with Gasteiger partial charge in [-0.2, -0.15) is 0 Å². The minimum Gasteiger partial charge on any atom is -1.00 e. The first-order valence-corrected chi connectivity index (χ1v) is 1.80. The molecule has 0 rings (SSSR count). The number of hydrogen-bond donors (Lipinski definition) is 3. The third-order valence-corrected chi connectivity index (χ3v) is 0. The zero-order valence-corrected chi connectivity index (χ0v) is 4.80. The van der Waals surface area contributed by atoms with Gasteiger partial charge in [-0.3, -0.25) is 0 Å². The molecule has 0 saturated heterocycles. The van der Waals surface area contributed by atoms with E-state index in [0.717, 1.165) is 0 Å². The molecular weight excluding hydrogens is 130 g/mol. The quantitative estimate of drug-likeness (QED) is 0.264. The van der Waals surface area contributed by atoms with Gasteiger partial charge in [-0.05, 0) is 0 Å². The fourth-order valence-corrected chi connectivity index (χ4v) is 0. The molecule has 0 aromatic carbocycles. The fourth-order valence-electron chi connectivity index (χ4n) is 0. The molecular formula is H8AlMgO3P. The van der Waals surface area contributed by atoms with E-state index in [-0.39, 0.29) is 43.3 Å². The largest absolute Gasteiger partial charge is 2.00 e. The number of rotatable bonds is 0. The van der Waals surface area contributed by atoms with Gasteiger partial charge in [-0.15, -0.1) is 0 Å². The van der Waals surface area contributed by atoms with Crippen molar-refractivity contribution in [2.45, 2.75) is 0 Å². The second-order valence-corrected chi connectivity index (χ2v) is 0.805. The van der Waals surface area contributed by atoms with Gasteiger partial charge in [-0.1, -0.05) is 0 Å². The maximum absolute atomic E-state index is 7.23. The predicted octanol–water partition coefficient (Wildman–Crippen LogP) is -2.15. The van der Waals surface area contributed by atoms with Crippen molar-refractivity contribution in [3.05, 3.63) is 0 Å². The molecule has 0 fully saturated rings. The van der Waals surface area contributed by atoms with Crippen LogP contribution < -0.4 is 0 Å². The van der Waals surface area contributed by atoms with Gasteiger partial charge >= 0.3 is 31.7 Å². The molecule has 0 amide bonds. The van der Waals surface area contributed by atoms with Crippen LogP contribution in [0.4, 0.5) is 0 Å². The Morgan fingerprint density at radius 1 is 1.17 bits per heavy atom. The van der Waals surface area contributed by atoms with Gasteiger partial charge in [0.25, 0.3) is 0 Å². The standard InChI is InChI=1S/Al.Mg.H3O3P.5H/c;;1-4(2)3;;;;;/h;;1-3H;;;;;/q;+2;;;;;2*-1. The third-order valence-electron chi connectivity index (χ3n) is 0. The Kier molecular flexibility index (Phi) is 25.5. The van der Waals surface area contributed by atoms with Gasteiger partial charge in [0.2, 0.25) is 0 Å². The normalized spacial score (nSPS) is 6.00. The molecule has 0 saturated carbocycles. The Bertz CT molecular complexity index is 22.0. The molecule has 36 valence electrons. The summed E-state index contributed by atoms with van der Waals surface area (Å²) in [6, 6.07) is 0. The molecule has 6 heavy (non-hydrogen) atoms. The van der Waals surface area contributed by atoms with Crippen LogP contribution in [-0.4, -0.2) is 55.1 Å². The van der Waals surface area contributed by atoms with Crippen molar-refractivity contribution >= 4 is 49.0 Å². The molecule has 0 aromatic rings. The average molecular weight is 138 g/mol. The summed E-state index contributed by atoms with van der Waals surface area (Å²) in [5, 5.41) is 0. The summed E-state index contributed by atoms with van der Waals surface area (Å²) in [5.41, 5.74) is 0. The Morgan fingerprint density at radius 3 is 1.17 bits per heavy atom. The van der Waals surface area contributed by atoms with Crippen molar-refractivity contribution in [1.29, 1.82) is 0 Å². The second kappa shape index (κ2) is 9.79. The van der Waals surface area contributed by atoms with E-state index < -0.39 is 8.60 Å². The van der Waals surface area contributed by atoms with Gasteiger partial charge < -0.3 is 17.5 Å². The van der Waals surface area contributed by atoms with Gasteiger partial charge in [0.15, 0.2) is 17.4 Å². The molecule has 0 unspecified atom stereocenters. The van der Waals surface area contributed by atoms with E-state index >= 15 is 0 Å². The molecule has 0 aliphatic heterocycles. The summed E-state index contributed by atoms with van der Waals surface area (Å²) >= 11 is 0. The summed E-state index contributed by atoms with van der Waals surface area (Å²) in [4.78, 5) is 21.7. The molecule has 3 N–H and O–H groups in total. The molecule has 0 heterocycles. The summed E-state index contributed by atoms with van der Waals surface area (Å²) in [6.45, 7) is 0. The fraction of sp³-hybridized carbons (Fsp3) is 0. The van der Waals surface area contributed by atoms with Crippen molar-refractivity contribution in [3.63, 3.8) is 0 Å². The Hall–Kier alpha value is 1.61. The van der Waals surface area contributed by atoms with Crippen LogP contribution in [0.1, 0.15) is 2.85 Å². The van der Waals surface area contributed by atoms with Crippen LogP contribution in [0, 0.1) is 0 Å². The average Bonchev–Trinajstić information content (AvgIpc) is 0.811. The van der Waals surface area contributed by atoms with Gasteiger partial charge in [0.05, 0.1) is 0 Å². The van der Waals surface area contributed by atoms with Crippen LogP contribution in [0.5, 0.6) is 0 Å². The van der Waals surface area contributed by atoms with Gasteiger partial charge in [-0.25, -0.2) is 0 Å². The topological polar surface area (TPSA) is 60.7 Å². The molecule has 0 atom stereocenters. The molecule has 0 aliphatic carbocycles. The predicted molar refractivity (Wildman–Crippen MR) is 31.5 cm³/mol. The SMILES string of the molecule is OP(O)O.[AlH3].[H-].[H-].[Mg+2]. The number of hydrogen-bond acceptors (Lipinski definition) is 3. The zero-order valence-electron chi connectivity index (χ0n) is 4.50. The van der Waals surface area contributed by atoms with Gasteiger partial charge in [0.1, 0.15) is 0 Å². The molecule has 3 nitrogen and oxygen atoms in total. The van der Waals surface area contributed by atoms with Crippen LogP contribution in [0.3, 0.4) is 0 Å². The van der Waals surface area contributed by atoms with E-state index in [4.69, 9.17) is 14.7 Å². The van der Waals surface area contributed by atoms with Crippen molar-refractivity contribution in [2.24, 2.45) is 0 Å². The molecule has 0 aliphatic rings. The Balaban J connectivity index is -0.00000000750. The summed E-state index contributed by atoms with van der Waals surface area (Å²) in [5.74, 6) is 0. The van der Waals surface area contributed by atoms with Crippen molar-refractivity contribution in [2.75, 3.05) is 0 Å². The van der Waals surface area contributed by atoms with Crippen molar-refractivity contribution in [3.8, 4) is 0 Å². The second-order valence-electron chi connectivity index (χ2n) is 0.268.